The molecule has 1 atom stereocenters. The van der Waals surface area contributed by atoms with Gasteiger partial charge in [-0.2, -0.15) is 0 Å². The molecule has 1 aromatic carbocycles. The second-order valence-corrected chi connectivity index (χ2v) is 9.68. The highest BCUT2D eigenvalue weighted by atomic mass is 33.1. The Morgan fingerprint density at radius 1 is 1.12 bits per heavy atom. The highest BCUT2D eigenvalue weighted by molar-refractivity contribution is 8.76. The van der Waals surface area contributed by atoms with Crippen LogP contribution in [0.25, 0.3) is 0 Å². The minimum Gasteiger partial charge on any atom is -0.461 e. The molecule has 7 nitrogen and oxygen atoms in total. The van der Waals surface area contributed by atoms with E-state index in [0.717, 1.165) is 0 Å². The van der Waals surface area contributed by atoms with Gasteiger partial charge >= 0.3 is 19.5 Å². The predicted octanol–water partition coefficient (Wildman–Crippen LogP) is 4.03. The number of carbonyl (C=O) groups is 2. The molecule has 0 amide bonds. The van der Waals surface area contributed by atoms with Crippen LogP contribution < -0.4 is 4.74 Å². The van der Waals surface area contributed by atoms with E-state index in [2.05, 4.69) is 0 Å². The lowest BCUT2D eigenvalue weighted by Crippen LogP contribution is -2.08. The summed E-state index contributed by atoms with van der Waals surface area (Å²) in [5.41, 5.74) is 0.324. The fourth-order valence-electron chi connectivity index (χ4n) is 1.73. The lowest BCUT2D eigenvalue weighted by atomic mass is 10.2. The first kappa shape index (κ1) is 23.0. The maximum Gasteiger partial charge on any atom is 0.338 e. The van der Waals surface area contributed by atoms with Gasteiger partial charge in [-0.15, -0.1) is 0 Å². The molecule has 0 aliphatic heterocycles. The average molecular weight is 422 g/mol. The van der Waals surface area contributed by atoms with Crippen molar-refractivity contribution in [2.75, 3.05) is 38.0 Å². The monoisotopic (exact) mass is 422 g/mol. The smallest absolute Gasteiger partial charge is 0.338 e. The molecule has 1 rings (SSSR count). The van der Waals surface area contributed by atoms with Crippen LogP contribution in [0.3, 0.4) is 0 Å². The van der Waals surface area contributed by atoms with Crippen LogP contribution in [0, 0.1) is 0 Å². The maximum absolute atomic E-state index is 11.9. The van der Waals surface area contributed by atoms with Crippen molar-refractivity contribution in [2.24, 2.45) is 0 Å². The van der Waals surface area contributed by atoms with E-state index in [-0.39, 0.29) is 6.61 Å². The van der Waals surface area contributed by atoms with Crippen molar-refractivity contribution in [2.45, 2.75) is 13.8 Å². The Bertz CT molecular complexity index is 639. The van der Waals surface area contributed by atoms with Crippen LogP contribution in [-0.2, 0) is 23.1 Å². The van der Waals surface area contributed by atoms with Crippen LogP contribution in [0.4, 0.5) is 0 Å². The molecule has 0 saturated heterocycles. The van der Waals surface area contributed by atoms with Gasteiger partial charge in [0.1, 0.15) is 12.4 Å². The van der Waals surface area contributed by atoms with Gasteiger partial charge in [-0.3, -0.25) is 9.36 Å². The normalized spacial score (nSPS) is 13.0. The SMILES string of the molecule is CCOP(C)(=O)OCCSSCCOC(=O)c1cccc(OC(C)=O)c1. The van der Waals surface area contributed by atoms with Gasteiger partial charge in [0, 0.05) is 25.1 Å². The third kappa shape index (κ3) is 10.2. The van der Waals surface area contributed by atoms with E-state index >= 15 is 0 Å². The van der Waals surface area contributed by atoms with E-state index in [4.69, 9.17) is 18.5 Å². The van der Waals surface area contributed by atoms with Crippen molar-refractivity contribution < 1.29 is 32.7 Å². The number of carbonyl (C=O) groups excluding carboxylic acids is 2. The molecule has 26 heavy (non-hydrogen) atoms. The Morgan fingerprint density at radius 3 is 2.46 bits per heavy atom. The van der Waals surface area contributed by atoms with Crippen LogP contribution in [0.1, 0.15) is 24.2 Å². The summed E-state index contributed by atoms with van der Waals surface area (Å²) < 4.78 is 32.0. The van der Waals surface area contributed by atoms with Crippen molar-refractivity contribution in [1.82, 2.24) is 0 Å². The first-order chi connectivity index (χ1) is 12.3. The summed E-state index contributed by atoms with van der Waals surface area (Å²) in [6.07, 6.45) is 0. The maximum atomic E-state index is 11.9. The topological polar surface area (TPSA) is 88.1 Å². The fraction of sp³-hybridized carbons (Fsp3) is 0.500. The number of rotatable bonds is 12. The second kappa shape index (κ2) is 12.4. The highest BCUT2D eigenvalue weighted by Gasteiger charge is 2.15. The van der Waals surface area contributed by atoms with Gasteiger partial charge in [-0.1, -0.05) is 27.7 Å². The first-order valence-electron chi connectivity index (χ1n) is 7.90. The molecular formula is C16H23O7PS2. The fourth-order valence-corrected chi connectivity index (χ4v) is 4.47. The van der Waals surface area contributed by atoms with Crippen LogP contribution in [0.5, 0.6) is 5.75 Å². The lowest BCUT2D eigenvalue weighted by Gasteiger charge is -2.12. The largest absolute Gasteiger partial charge is 0.461 e. The van der Waals surface area contributed by atoms with Crippen LogP contribution in [-0.4, -0.2) is 49.9 Å². The Kier molecular flexibility index (Phi) is 11.0. The Labute approximate surface area is 161 Å². The van der Waals surface area contributed by atoms with Crippen molar-refractivity contribution in [3.05, 3.63) is 29.8 Å². The summed E-state index contributed by atoms with van der Waals surface area (Å²) in [4.78, 5) is 22.9. The third-order valence-corrected chi connectivity index (χ3v) is 6.38. The molecule has 1 aromatic rings. The van der Waals surface area contributed by atoms with Crippen molar-refractivity contribution in [1.29, 1.82) is 0 Å². The van der Waals surface area contributed by atoms with Gasteiger partial charge in [0.05, 0.1) is 18.8 Å². The van der Waals surface area contributed by atoms with E-state index in [9.17, 15) is 14.2 Å². The number of hydrogen-bond acceptors (Lipinski definition) is 9. The molecule has 0 aliphatic rings. The van der Waals surface area contributed by atoms with E-state index in [1.54, 1.807) is 25.1 Å². The summed E-state index contributed by atoms with van der Waals surface area (Å²) in [5, 5.41) is 0. The molecule has 10 heteroatoms. The zero-order valence-electron chi connectivity index (χ0n) is 15.0. The van der Waals surface area contributed by atoms with Gasteiger partial charge in [-0.25, -0.2) is 4.79 Å². The minimum atomic E-state index is -2.94. The summed E-state index contributed by atoms with van der Waals surface area (Å²) in [6, 6.07) is 6.27. The Balaban J connectivity index is 2.17. The van der Waals surface area contributed by atoms with Crippen LogP contribution in [0.15, 0.2) is 24.3 Å². The molecule has 0 fully saturated rings. The van der Waals surface area contributed by atoms with E-state index < -0.39 is 19.5 Å². The van der Waals surface area contributed by atoms with E-state index in [1.165, 1.54) is 41.2 Å². The summed E-state index contributed by atoms with van der Waals surface area (Å²) in [5.74, 6) is 0.630. The molecule has 0 aromatic heterocycles. The molecule has 1 unspecified atom stereocenters. The molecule has 0 heterocycles. The number of esters is 2. The number of benzene rings is 1. The molecule has 0 bridgehead atoms. The van der Waals surface area contributed by atoms with Crippen molar-refractivity contribution in [3.63, 3.8) is 0 Å². The highest BCUT2D eigenvalue weighted by Crippen LogP contribution is 2.43. The minimum absolute atomic E-state index is 0.250. The quantitative estimate of drug-likeness (QED) is 0.163. The zero-order valence-corrected chi connectivity index (χ0v) is 17.5. The first-order valence-corrected chi connectivity index (χ1v) is 12.4. The third-order valence-electron chi connectivity index (χ3n) is 2.67. The summed E-state index contributed by atoms with van der Waals surface area (Å²) in [6.45, 7) is 5.43. The van der Waals surface area contributed by atoms with Crippen LogP contribution >= 0.6 is 29.2 Å². The second-order valence-electron chi connectivity index (χ2n) is 4.92. The Morgan fingerprint density at radius 2 is 1.81 bits per heavy atom. The van der Waals surface area contributed by atoms with E-state index in [0.29, 0.717) is 36.0 Å². The van der Waals surface area contributed by atoms with Gasteiger partial charge < -0.3 is 18.5 Å². The summed E-state index contributed by atoms with van der Waals surface area (Å²) >= 11 is 0. The molecule has 0 radical (unpaired) electrons. The van der Waals surface area contributed by atoms with Crippen LogP contribution in [0.2, 0.25) is 0 Å². The molecular weight excluding hydrogens is 399 g/mol. The molecule has 0 N–H and O–H groups in total. The van der Waals surface area contributed by atoms with E-state index in [1.807, 2.05) is 0 Å². The number of ether oxygens (including phenoxy) is 2. The lowest BCUT2D eigenvalue weighted by molar-refractivity contribution is -0.131. The molecule has 146 valence electrons. The van der Waals surface area contributed by atoms with Crippen molar-refractivity contribution >= 4 is 41.1 Å². The predicted molar refractivity (Wildman–Crippen MR) is 104 cm³/mol. The summed E-state index contributed by atoms with van der Waals surface area (Å²) in [7, 11) is 0.123. The van der Waals surface area contributed by atoms with Gasteiger partial charge in [0.2, 0.25) is 0 Å². The average Bonchev–Trinajstić information content (AvgIpc) is 2.56. The molecule has 0 aliphatic carbocycles. The van der Waals surface area contributed by atoms with Gasteiger partial charge in [0.15, 0.2) is 0 Å². The zero-order chi connectivity index (χ0) is 19.4. The Hall–Kier alpha value is -0.990. The van der Waals surface area contributed by atoms with Gasteiger partial charge in [-0.05, 0) is 25.1 Å². The molecule has 0 saturated carbocycles. The number of hydrogen-bond donors (Lipinski definition) is 0. The standard InChI is InChI=1S/C16H23O7PS2/c1-4-21-24(3,19)22-9-11-26-25-10-8-20-16(18)14-6-5-7-15(12-14)23-13(2)17/h5-7,12H,4,8-11H2,1-3H3. The van der Waals surface area contributed by atoms with Crippen molar-refractivity contribution in [3.8, 4) is 5.75 Å². The van der Waals surface area contributed by atoms with Gasteiger partial charge in [0.25, 0.3) is 0 Å². The molecule has 0 spiro atoms.